The molecule has 0 unspecified atom stereocenters. The minimum absolute atomic E-state index is 0.0779. The van der Waals surface area contributed by atoms with Crippen LogP contribution in [0.4, 0.5) is 0 Å². The summed E-state index contributed by atoms with van der Waals surface area (Å²) in [6.45, 7) is 7.19. The van der Waals surface area contributed by atoms with Crippen LogP contribution in [-0.4, -0.2) is 56.4 Å². The molecule has 0 spiro atoms. The Kier molecular flexibility index (Phi) is 6.23. The van der Waals surface area contributed by atoms with Gasteiger partial charge in [-0.25, -0.2) is 0 Å². The van der Waals surface area contributed by atoms with E-state index in [1.165, 1.54) is 9.87 Å². The highest BCUT2D eigenvalue weighted by Gasteiger charge is 2.26. The van der Waals surface area contributed by atoms with Crippen LogP contribution in [0.3, 0.4) is 0 Å². The lowest BCUT2D eigenvalue weighted by Crippen LogP contribution is -2.53. The molecule has 1 heterocycles. The zero-order chi connectivity index (χ0) is 16.2. The van der Waals surface area contributed by atoms with Crippen LogP contribution in [0.25, 0.3) is 0 Å². The van der Waals surface area contributed by atoms with Gasteiger partial charge in [0, 0.05) is 43.8 Å². The van der Waals surface area contributed by atoms with Gasteiger partial charge >= 0.3 is 0 Å². The van der Waals surface area contributed by atoms with Crippen molar-refractivity contribution in [3.63, 3.8) is 0 Å². The SMILES string of the molecule is CC(C)NS(=O)(=O)N1CCN(CCc2cccc(Cl)c2)CC1. The molecule has 124 valence electrons. The maximum Gasteiger partial charge on any atom is 0.279 e. The molecule has 1 N–H and O–H groups in total. The number of hydrogen-bond donors (Lipinski definition) is 1. The van der Waals surface area contributed by atoms with Gasteiger partial charge in [0.25, 0.3) is 10.2 Å². The summed E-state index contributed by atoms with van der Waals surface area (Å²) in [6.07, 6.45) is 0.928. The predicted molar refractivity (Wildman–Crippen MR) is 90.4 cm³/mol. The molecule has 0 atom stereocenters. The number of nitrogens with one attached hydrogen (secondary N) is 1. The molecular formula is C15H24ClN3O2S. The normalized spacial score (nSPS) is 18.0. The molecule has 0 aliphatic carbocycles. The van der Waals surface area contributed by atoms with Crippen molar-refractivity contribution in [1.29, 1.82) is 0 Å². The Morgan fingerprint density at radius 1 is 1.23 bits per heavy atom. The highest BCUT2D eigenvalue weighted by molar-refractivity contribution is 7.87. The van der Waals surface area contributed by atoms with Crippen LogP contribution in [0.2, 0.25) is 5.02 Å². The highest BCUT2D eigenvalue weighted by Crippen LogP contribution is 2.12. The highest BCUT2D eigenvalue weighted by atomic mass is 35.5. The van der Waals surface area contributed by atoms with E-state index in [1.807, 2.05) is 32.0 Å². The summed E-state index contributed by atoms with van der Waals surface area (Å²) in [5, 5.41) is 0.758. The molecule has 1 aromatic rings. The van der Waals surface area contributed by atoms with Crippen LogP contribution in [-0.2, 0) is 16.6 Å². The number of hydrogen-bond acceptors (Lipinski definition) is 3. The third-order valence-electron chi connectivity index (χ3n) is 3.66. The number of piperazine rings is 1. The van der Waals surface area contributed by atoms with Gasteiger partial charge in [-0.05, 0) is 38.0 Å². The van der Waals surface area contributed by atoms with Gasteiger partial charge in [0.2, 0.25) is 0 Å². The van der Waals surface area contributed by atoms with E-state index in [2.05, 4.69) is 15.7 Å². The molecule has 7 heteroatoms. The van der Waals surface area contributed by atoms with Gasteiger partial charge in [-0.2, -0.15) is 17.4 Å². The second kappa shape index (κ2) is 7.75. The molecule has 5 nitrogen and oxygen atoms in total. The summed E-state index contributed by atoms with van der Waals surface area (Å²) in [5.74, 6) is 0. The minimum atomic E-state index is -3.34. The molecule has 0 radical (unpaired) electrons. The van der Waals surface area contributed by atoms with Crippen molar-refractivity contribution in [2.24, 2.45) is 0 Å². The zero-order valence-electron chi connectivity index (χ0n) is 13.1. The second-order valence-corrected chi connectivity index (χ2v) is 8.04. The third kappa shape index (κ3) is 5.21. The maximum atomic E-state index is 12.1. The van der Waals surface area contributed by atoms with Crippen molar-refractivity contribution in [2.45, 2.75) is 26.3 Å². The van der Waals surface area contributed by atoms with Gasteiger partial charge in [0.05, 0.1) is 0 Å². The van der Waals surface area contributed by atoms with E-state index in [0.29, 0.717) is 13.1 Å². The summed E-state index contributed by atoms with van der Waals surface area (Å²) < 4.78 is 28.4. The Morgan fingerprint density at radius 3 is 2.50 bits per heavy atom. The molecule has 0 bridgehead atoms. The first-order chi connectivity index (χ1) is 10.4. The molecule has 1 saturated heterocycles. The monoisotopic (exact) mass is 345 g/mol. The smallest absolute Gasteiger partial charge is 0.279 e. The largest absolute Gasteiger partial charge is 0.300 e. The van der Waals surface area contributed by atoms with Gasteiger partial charge in [-0.1, -0.05) is 23.7 Å². The molecule has 0 saturated carbocycles. The van der Waals surface area contributed by atoms with Gasteiger partial charge in [0.15, 0.2) is 0 Å². The Morgan fingerprint density at radius 2 is 1.91 bits per heavy atom. The Bertz CT molecular complexity index is 584. The van der Waals surface area contributed by atoms with Crippen LogP contribution in [0.15, 0.2) is 24.3 Å². The van der Waals surface area contributed by atoms with Gasteiger partial charge in [0.1, 0.15) is 0 Å². The van der Waals surface area contributed by atoms with Crippen molar-refractivity contribution in [3.8, 4) is 0 Å². The van der Waals surface area contributed by atoms with E-state index in [4.69, 9.17) is 11.6 Å². The second-order valence-electron chi connectivity index (χ2n) is 5.90. The summed E-state index contributed by atoms with van der Waals surface area (Å²) in [6, 6.07) is 7.80. The quantitative estimate of drug-likeness (QED) is 0.854. The summed E-state index contributed by atoms with van der Waals surface area (Å²) in [5.41, 5.74) is 1.21. The molecule has 22 heavy (non-hydrogen) atoms. The molecule has 1 aliphatic rings. The Labute approximate surface area is 138 Å². The fourth-order valence-corrected chi connectivity index (χ4v) is 4.15. The summed E-state index contributed by atoms with van der Waals surface area (Å²) >= 11 is 5.98. The van der Waals surface area contributed by atoms with Crippen LogP contribution < -0.4 is 4.72 Å². The van der Waals surface area contributed by atoms with Crippen molar-refractivity contribution in [3.05, 3.63) is 34.9 Å². The van der Waals surface area contributed by atoms with E-state index >= 15 is 0 Å². The summed E-state index contributed by atoms with van der Waals surface area (Å²) in [4.78, 5) is 2.29. The number of halogens is 1. The lowest BCUT2D eigenvalue weighted by atomic mass is 10.1. The fourth-order valence-electron chi connectivity index (χ4n) is 2.55. The van der Waals surface area contributed by atoms with E-state index in [0.717, 1.165) is 31.1 Å². The molecule has 0 aromatic heterocycles. The first kappa shape index (κ1) is 17.7. The van der Waals surface area contributed by atoms with Gasteiger partial charge in [-0.3, -0.25) is 0 Å². The van der Waals surface area contributed by atoms with E-state index in [-0.39, 0.29) is 6.04 Å². The van der Waals surface area contributed by atoms with E-state index in [9.17, 15) is 8.42 Å². The maximum absolute atomic E-state index is 12.1. The van der Waals surface area contributed by atoms with Crippen molar-refractivity contribution in [2.75, 3.05) is 32.7 Å². The molecule has 2 rings (SSSR count). The Balaban J connectivity index is 1.80. The van der Waals surface area contributed by atoms with E-state index < -0.39 is 10.2 Å². The van der Waals surface area contributed by atoms with Crippen molar-refractivity contribution >= 4 is 21.8 Å². The van der Waals surface area contributed by atoms with Crippen LogP contribution >= 0.6 is 11.6 Å². The van der Waals surface area contributed by atoms with E-state index in [1.54, 1.807) is 0 Å². The van der Waals surface area contributed by atoms with Crippen LogP contribution in [0.1, 0.15) is 19.4 Å². The predicted octanol–water partition coefficient (Wildman–Crippen LogP) is 1.74. The lowest BCUT2D eigenvalue weighted by Gasteiger charge is -2.34. The number of benzene rings is 1. The lowest BCUT2D eigenvalue weighted by molar-refractivity contribution is 0.188. The van der Waals surface area contributed by atoms with Gasteiger partial charge in [-0.15, -0.1) is 0 Å². The number of nitrogens with zero attached hydrogens (tertiary/aromatic N) is 2. The van der Waals surface area contributed by atoms with Crippen LogP contribution in [0.5, 0.6) is 0 Å². The average Bonchev–Trinajstić information content (AvgIpc) is 2.44. The topological polar surface area (TPSA) is 52.7 Å². The molecule has 1 fully saturated rings. The standard InChI is InChI=1S/C15H24ClN3O2S/c1-13(2)17-22(20,21)19-10-8-18(9-11-19)7-6-14-4-3-5-15(16)12-14/h3-5,12-13,17H,6-11H2,1-2H3. The molecule has 1 aromatic carbocycles. The number of rotatable bonds is 6. The molecule has 1 aliphatic heterocycles. The van der Waals surface area contributed by atoms with Gasteiger partial charge < -0.3 is 4.90 Å². The third-order valence-corrected chi connectivity index (χ3v) is 5.71. The first-order valence-corrected chi connectivity index (χ1v) is 9.43. The minimum Gasteiger partial charge on any atom is -0.300 e. The fraction of sp³-hybridized carbons (Fsp3) is 0.600. The van der Waals surface area contributed by atoms with Crippen molar-refractivity contribution < 1.29 is 8.42 Å². The van der Waals surface area contributed by atoms with Crippen LogP contribution in [0, 0.1) is 0 Å². The molecular weight excluding hydrogens is 322 g/mol. The summed E-state index contributed by atoms with van der Waals surface area (Å²) in [7, 11) is -3.34. The zero-order valence-corrected chi connectivity index (χ0v) is 14.7. The Hall–Kier alpha value is -0.660. The molecule has 0 amide bonds. The average molecular weight is 346 g/mol. The first-order valence-electron chi connectivity index (χ1n) is 7.61. The van der Waals surface area contributed by atoms with Crippen molar-refractivity contribution in [1.82, 2.24) is 13.9 Å².